The topological polar surface area (TPSA) is 26.3 Å². The highest BCUT2D eigenvalue weighted by atomic mass is 16.5. The van der Waals surface area contributed by atoms with Gasteiger partial charge in [-0.15, -0.1) is 0 Å². The minimum atomic E-state index is -0.258. The van der Waals surface area contributed by atoms with Crippen molar-refractivity contribution in [3.63, 3.8) is 0 Å². The van der Waals surface area contributed by atoms with Crippen LogP contribution < -0.4 is 0 Å². The molecule has 0 radical (unpaired) electrons. The number of carbonyl (C=O) groups is 1. The summed E-state index contributed by atoms with van der Waals surface area (Å²) in [5.74, 6) is -0.177. The third-order valence-corrected chi connectivity index (χ3v) is 5.26. The highest BCUT2D eigenvalue weighted by Crippen LogP contribution is 2.33. The molecule has 0 saturated heterocycles. The van der Waals surface area contributed by atoms with E-state index in [1.807, 2.05) is 0 Å². The number of hydrogen-bond acceptors (Lipinski definition) is 2. The van der Waals surface area contributed by atoms with Gasteiger partial charge in [0.15, 0.2) is 0 Å². The van der Waals surface area contributed by atoms with Gasteiger partial charge in [0.2, 0.25) is 0 Å². The molecule has 0 N–H and O–H groups in total. The molecule has 0 bridgehead atoms. The largest absolute Gasteiger partial charge is 0.469 e. The van der Waals surface area contributed by atoms with E-state index in [0.29, 0.717) is 6.42 Å². The van der Waals surface area contributed by atoms with Crippen LogP contribution in [0.4, 0.5) is 0 Å². The molecular formula is C24H28O2. The molecule has 0 aliphatic carbocycles. The Kier molecular flexibility index (Phi) is 4.56. The number of carbonyl (C=O) groups excluding carboxylic acids is 1. The molecule has 0 heterocycles. The maximum absolute atomic E-state index is 11.7. The summed E-state index contributed by atoms with van der Waals surface area (Å²) in [6.45, 7) is 10.9. The van der Waals surface area contributed by atoms with Crippen LogP contribution >= 0.6 is 0 Å². The Labute approximate surface area is 156 Å². The van der Waals surface area contributed by atoms with Gasteiger partial charge < -0.3 is 4.74 Å². The molecule has 0 amide bonds. The van der Waals surface area contributed by atoms with Crippen molar-refractivity contribution in [2.75, 3.05) is 7.11 Å². The van der Waals surface area contributed by atoms with Crippen molar-refractivity contribution < 1.29 is 9.53 Å². The summed E-state index contributed by atoms with van der Waals surface area (Å²) in [4.78, 5) is 11.7. The Bertz CT molecular complexity index is 975. The first-order valence-corrected chi connectivity index (χ1v) is 9.15. The summed E-state index contributed by atoms with van der Waals surface area (Å²) < 4.78 is 4.85. The van der Waals surface area contributed by atoms with E-state index in [4.69, 9.17) is 4.74 Å². The fourth-order valence-corrected chi connectivity index (χ4v) is 3.42. The van der Waals surface area contributed by atoms with E-state index in [2.05, 4.69) is 83.1 Å². The lowest BCUT2D eigenvalue weighted by Crippen LogP contribution is -2.22. The monoisotopic (exact) mass is 348 g/mol. The van der Waals surface area contributed by atoms with Crippen molar-refractivity contribution in [3.8, 4) is 0 Å². The van der Waals surface area contributed by atoms with Crippen LogP contribution in [0.5, 0.6) is 0 Å². The number of ether oxygens (including phenoxy) is 1. The molecule has 3 aromatic rings. The van der Waals surface area contributed by atoms with Crippen LogP contribution in [0.2, 0.25) is 0 Å². The van der Waals surface area contributed by atoms with Crippen molar-refractivity contribution in [2.24, 2.45) is 0 Å². The first kappa shape index (κ1) is 18.4. The maximum Gasteiger partial charge on any atom is 0.306 e. The van der Waals surface area contributed by atoms with Gasteiger partial charge in [0, 0.05) is 5.41 Å². The fraction of sp³-hybridized carbons (Fsp3) is 0.375. The van der Waals surface area contributed by atoms with Gasteiger partial charge in [-0.25, -0.2) is 0 Å². The second kappa shape index (κ2) is 6.42. The van der Waals surface area contributed by atoms with Crippen LogP contribution in [0, 0.1) is 0 Å². The van der Waals surface area contributed by atoms with Crippen LogP contribution in [-0.2, 0) is 20.4 Å². The summed E-state index contributed by atoms with van der Waals surface area (Å²) in [5, 5.41) is 4.94. The molecule has 0 aliphatic rings. The third kappa shape index (κ3) is 3.60. The van der Waals surface area contributed by atoms with Crippen molar-refractivity contribution in [1.29, 1.82) is 0 Å². The quantitative estimate of drug-likeness (QED) is 0.420. The molecule has 2 heteroatoms. The molecule has 136 valence electrons. The van der Waals surface area contributed by atoms with Gasteiger partial charge in [0.25, 0.3) is 0 Å². The van der Waals surface area contributed by atoms with E-state index in [-0.39, 0.29) is 16.8 Å². The predicted octanol–water partition coefficient (Wildman–Crippen LogP) is 6.13. The first-order valence-electron chi connectivity index (χ1n) is 9.15. The van der Waals surface area contributed by atoms with Crippen molar-refractivity contribution in [2.45, 2.75) is 51.9 Å². The molecule has 3 aromatic carbocycles. The van der Waals surface area contributed by atoms with Gasteiger partial charge in [0.05, 0.1) is 13.5 Å². The predicted molar refractivity (Wildman–Crippen MR) is 110 cm³/mol. The number of esters is 1. The average molecular weight is 348 g/mol. The third-order valence-electron chi connectivity index (χ3n) is 5.26. The smallest absolute Gasteiger partial charge is 0.306 e. The van der Waals surface area contributed by atoms with Crippen LogP contribution in [0.1, 0.15) is 52.2 Å². The van der Waals surface area contributed by atoms with Crippen LogP contribution in [0.3, 0.4) is 0 Å². The van der Waals surface area contributed by atoms with Gasteiger partial charge >= 0.3 is 5.97 Å². The van der Waals surface area contributed by atoms with E-state index in [1.165, 1.54) is 34.2 Å². The molecule has 0 spiro atoms. The highest BCUT2D eigenvalue weighted by molar-refractivity contribution is 5.98. The Morgan fingerprint density at radius 3 is 1.77 bits per heavy atom. The van der Waals surface area contributed by atoms with Crippen LogP contribution in [0.25, 0.3) is 21.5 Å². The number of benzene rings is 3. The number of rotatable bonds is 3. The number of methoxy groups -OCH3 is 1. The van der Waals surface area contributed by atoms with E-state index in [0.717, 1.165) is 5.56 Å². The summed E-state index contributed by atoms with van der Waals surface area (Å²) in [7, 11) is 1.44. The average Bonchev–Trinajstić information content (AvgIpc) is 2.57. The van der Waals surface area contributed by atoms with Gasteiger partial charge in [-0.05, 0) is 50.2 Å². The minimum Gasteiger partial charge on any atom is -0.469 e. The minimum absolute atomic E-state index is 0.144. The summed E-state index contributed by atoms with van der Waals surface area (Å²) >= 11 is 0. The van der Waals surface area contributed by atoms with Crippen molar-refractivity contribution in [1.82, 2.24) is 0 Å². The van der Waals surface area contributed by atoms with E-state index < -0.39 is 0 Å². The summed E-state index contributed by atoms with van der Waals surface area (Å²) in [5.41, 5.74) is 2.39. The van der Waals surface area contributed by atoms with Gasteiger partial charge in [-0.3, -0.25) is 4.79 Å². The SMILES string of the molecule is COC(=O)CC(C)(C)c1ccc2cc3cc(C(C)(C)C)ccc3cc2c1. The summed E-state index contributed by atoms with van der Waals surface area (Å²) in [6, 6.07) is 17.7. The number of fused-ring (bicyclic) bond motifs is 2. The first-order chi connectivity index (χ1) is 12.1. The normalized spacial score (nSPS) is 12.5. The second-order valence-corrected chi connectivity index (χ2v) is 8.86. The molecule has 0 unspecified atom stereocenters. The molecule has 26 heavy (non-hydrogen) atoms. The molecule has 3 rings (SSSR count). The second-order valence-electron chi connectivity index (χ2n) is 8.86. The van der Waals surface area contributed by atoms with Gasteiger partial charge in [-0.2, -0.15) is 0 Å². The van der Waals surface area contributed by atoms with E-state index in [1.54, 1.807) is 0 Å². The molecule has 0 aliphatic heterocycles. The van der Waals surface area contributed by atoms with Gasteiger partial charge in [-0.1, -0.05) is 71.0 Å². The fourth-order valence-electron chi connectivity index (χ4n) is 3.42. The molecule has 0 fully saturated rings. The van der Waals surface area contributed by atoms with Gasteiger partial charge in [0.1, 0.15) is 0 Å². The Hall–Kier alpha value is -2.35. The number of hydrogen-bond donors (Lipinski definition) is 0. The molecule has 0 atom stereocenters. The molecule has 0 aromatic heterocycles. The van der Waals surface area contributed by atoms with Crippen molar-refractivity contribution in [3.05, 3.63) is 59.7 Å². The zero-order chi connectivity index (χ0) is 19.1. The Morgan fingerprint density at radius 1 is 0.769 bits per heavy atom. The molecular weight excluding hydrogens is 320 g/mol. The van der Waals surface area contributed by atoms with E-state index in [9.17, 15) is 4.79 Å². The molecule has 2 nitrogen and oxygen atoms in total. The zero-order valence-corrected chi connectivity index (χ0v) is 16.6. The lowest BCUT2D eigenvalue weighted by Gasteiger charge is -2.24. The highest BCUT2D eigenvalue weighted by Gasteiger charge is 2.25. The maximum atomic E-state index is 11.7. The standard InChI is InChI=1S/C24H28O2/c1-23(2,3)20-9-7-16-12-19-14-21(24(4,5)15-22(25)26-6)10-8-17(19)11-18(16)13-20/h7-14H,15H2,1-6H3. The Morgan fingerprint density at radius 2 is 1.27 bits per heavy atom. The molecule has 0 saturated carbocycles. The van der Waals surface area contributed by atoms with Crippen LogP contribution in [-0.4, -0.2) is 13.1 Å². The Balaban J connectivity index is 2.08. The zero-order valence-electron chi connectivity index (χ0n) is 16.6. The lowest BCUT2D eigenvalue weighted by molar-refractivity contribution is -0.141. The van der Waals surface area contributed by atoms with Crippen molar-refractivity contribution >= 4 is 27.5 Å². The van der Waals surface area contributed by atoms with E-state index >= 15 is 0 Å². The lowest BCUT2D eigenvalue weighted by atomic mass is 9.80. The van der Waals surface area contributed by atoms with Crippen LogP contribution in [0.15, 0.2) is 48.5 Å². The summed E-state index contributed by atoms with van der Waals surface area (Å²) in [6.07, 6.45) is 0.373.